The van der Waals surface area contributed by atoms with Gasteiger partial charge >= 0.3 is 0 Å². The lowest BCUT2D eigenvalue weighted by Crippen LogP contribution is -3.17. The zero-order valence-corrected chi connectivity index (χ0v) is 14.3. The second kappa shape index (κ2) is 6.56. The van der Waals surface area contributed by atoms with E-state index in [9.17, 15) is 20.0 Å². The zero-order valence-electron chi connectivity index (χ0n) is 14.3. The molecule has 0 amide bonds. The summed E-state index contributed by atoms with van der Waals surface area (Å²) in [5.74, 6) is -1.22. The van der Waals surface area contributed by atoms with Crippen molar-refractivity contribution in [2.45, 2.75) is 46.2 Å². The number of pyridine rings is 1. The van der Waals surface area contributed by atoms with Crippen LogP contribution in [-0.4, -0.2) is 32.4 Å². The molecule has 0 fully saturated rings. The lowest BCUT2D eigenvalue weighted by atomic mass is 10.1. The van der Waals surface area contributed by atoms with Crippen LogP contribution in [0.1, 0.15) is 39.1 Å². The predicted molar refractivity (Wildman–Crippen MR) is 85.5 cm³/mol. The van der Waals surface area contributed by atoms with Gasteiger partial charge in [0.2, 0.25) is 0 Å². The standard InChI is InChI=1S/C16H22N4O4/c1-5-18(16(2,3)4)10-13-12(8-15(21)22)17-14-7-6-11(20(23)24)9-19(13)14/h6-7,9H,5,8,10H2,1-4H3,(H,21,22). The van der Waals surface area contributed by atoms with E-state index >= 15 is 0 Å². The highest BCUT2D eigenvalue weighted by Crippen LogP contribution is 2.18. The first-order valence-corrected chi connectivity index (χ1v) is 7.82. The van der Waals surface area contributed by atoms with Crippen molar-refractivity contribution < 1.29 is 19.7 Å². The van der Waals surface area contributed by atoms with Gasteiger partial charge in [-0.25, -0.2) is 4.98 Å². The van der Waals surface area contributed by atoms with Crippen molar-refractivity contribution >= 4 is 17.3 Å². The molecule has 0 saturated heterocycles. The summed E-state index contributed by atoms with van der Waals surface area (Å²) in [4.78, 5) is 27.2. The Kier molecular flexibility index (Phi) is 4.88. The molecular weight excluding hydrogens is 312 g/mol. The Balaban J connectivity index is 2.59. The topological polar surface area (TPSA) is 105 Å². The van der Waals surface area contributed by atoms with Gasteiger partial charge in [0.1, 0.15) is 17.9 Å². The number of quaternary nitrogens is 1. The van der Waals surface area contributed by atoms with Gasteiger partial charge in [0.25, 0.3) is 5.69 Å². The fourth-order valence-corrected chi connectivity index (χ4v) is 2.83. The van der Waals surface area contributed by atoms with Gasteiger partial charge in [-0.2, -0.15) is 0 Å². The predicted octanol–water partition coefficient (Wildman–Crippen LogP) is -0.262. The SMILES string of the molecule is CC[NH+](Cc1c(CC(=O)[O-])nc2ccc([N+](=O)[O-])cn12)C(C)(C)C. The molecule has 0 saturated carbocycles. The summed E-state index contributed by atoms with van der Waals surface area (Å²) in [5, 5.41) is 22.1. The summed E-state index contributed by atoms with van der Waals surface area (Å²) < 4.78 is 1.62. The van der Waals surface area contributed by atoms with Gasteiger partial charge in [-0.05, 0) is 33.8 Å². The molecule has 2 rings (SSSR count). The van der Waals surface area contributed by atoms with Gasteiger partial charge in [-0.3, -0.25) is 14.5 Å². The summed E-state index contributed by atoms with van der Waals surface area (Å²) in [6, 6.07) is 2.90. The number of nitrogens with zero attached hydrogens (tertiary/aromatic N) is 3. The monoisotopic (exact) mass is 334 g/mol. The Morgan fingerprint density at radius 1 is 1.38 bits per heavy atom. The largest absolute Gasteiger partial charge is 0.550 e. The van der Waals surface area contributed by atoms with E-state index in [1.54, 1.807) is 4.40 Å². The number of carbonyl (C=O) groups is 1. The molecule has 2 heterocycles. The number of aromatic nitrogens is 2. The van der Waals surface area contributed by atoms with Crippen LogP contribution in [0.15, 0.2) is 18.3 Å². The number of fused-ring (bicyclic) bond motifs is 1. The molecule has 8 heteroatoms. The van der Waals surface area contributed by atoms with Crippen LogP contribution in [-0.2, 0) is 17.8 Å². The number of nitro groups is 1. The Labute approximate surface area is 139 Å². The van der Waals surface area contributed by atoms with Crippen molar-refractivity contribution in [3.05, 3.63) is 39.8 Å². The number of hydrogen-bond donors (Lipinski definition) is 1. The number of carboxylic acid groups (broad SMARTS) is 1. The molecule has 2 aromatic heterocycles. The third kappa shape index (κ3) is 3.70. The van der Waals surface area contributed by atoms with Crippen molar-refractivity contribution in [1.82, 2.24) is 9.38 Å². The van der Waals surface area contributed by atoms with Gasteiger partial charge in [-0.15, -0.1) is 0 Å². The number of hydrogen-bond acceptors (Lipinski definition) is 5. The van der Waals surface area contributed by atoms with Gasteiger partial charge in [0.15, 0.2) is 0 Å². The number of imidazole rings is 1. The summed E-state index contributed by atoms with van der Waals surface area (Å²) in [5.41, 5.74) is 1.44. The van der Waals surface area contributed by atoms with Gasteiger partial charge in [0.05, 0.1) is 28.9 Å². The lowest BCUT2D eigenvalue weighted by molar-refractivity contribution is -0.958. The average Bonchev–Trinajstić information content (AvgIpc) is 2.78. The normalized spacial score (nSPS) is 13.2. The molecule has 0 aliphatic carbocycles. The Hall–Kier alpha value is -2.48. The molecule has 0 spiro atoms. The van der Waals surface area contributed by atoms with E-state index in [0.717, 1.165) is 6.54 Å². The maximum Gasteiger partial charge on any atom is 0.286 e. The van der Waals surface area contributed by atoms with E-state index < -0.39 is 10.9 Å². The minimum Gasteiger partial charge on any atom is -0.550 e. The summed E-state index contributed by atoms with van der Waals surface area (Å²) >= 11 is 0. The molecule has 1 unspecified atom stereocenters. The maximum absolute atomic E-state index is 11.0. The fraction of sp³-hybridized carbons (Fsp3) is 0.500. The smallest absolute Gasteiger partial charge is 0.286 e. The van der Waals surface area contributed by atoms with E-state index in [0.29, 0.717) is 23.6 Å². The van der Waals surface area contributed by atoms with Gasteiger partial charge in [-0.1, -0.05) is 0 Å². The minimum absolute atomic E-state index is 0.0572. The quantitative estimate of drug-likeness (QED) is 0.579. The first-order valence-electron chi connectivity index (χ1n) is 7.82. The Morgan fingerprint density at radius 2 is 2.04 bits per heavy atom. The number of carbonyl (C=O) groups excluding carboxylic acids is 1. The average molecular weight is 334 g/mol. The van der Waals surface area contributed by atoms with Crippen LogP contribution in [0.4, 0.5) is 5.69 Å². The number of nitrogens with one attached hydrogen (secondary N) is 1. The molecule has 0 aliphatic rings. The summed E-state index contributed by atoms with van der Waals surface area (Å²) in [6.45, 7) is 9.67. The molecular formula is C16H22N4O4. The first-order chi connectivity index (χ1) is 11.1. The van der Waals surface area contributed by atoms with Crippen LogP contribution in [0.25, 0.3) is 5.65 Å². The zero-order chi connectivity index (χ0) is 18.1. The van der Waals surface area contributed by atoms with Crippen LogP contribution in [0.5, 0.6) is 0 Å². The van der Waals surface area contributed by atoms with Crippen molar-refractivity contribution in [2.24, 2.45) is 0 Å². The van der Waals surface area contributed by atoms with Crippen molar-refractivity contribution in [1.29, 1.82) is 0 Å². The van der Waals surface area contributed by atoms with E-state index in [1.807, 2.05) is 6.92 Å². The first kappa shape index (κ1) is 17.9. The van der Waals surface area contributed by atoms with E-state index in [-0.39, 0.29) is 17.6 Å². The molecule has 0 aliphatic heterocycles. The van der Waals surface area contributed by atoms with Crippen LogP contribution >= 0.6 is 0 Å². The molecule has 2 aromatic rings. The van der Waals surface area contributed by atoms with E-state index in [2.05, 4.69) is 25.8 Å². The van der Waals surface area contributed by atoms with Gasteiger partial charge < -0.3 is 14.8 Å². The number of rotatable bonds is 6. The molecule has 0 bridgehead atoms. The highest BCUT2D eigenvalue weighted by atomic mass is 16.6. The molecule has 1 atom stereocenters. The van der Waals surface area contributed by atoms with Crippen molar-refractivity contribution in [3.63, 3.8) is 0 Å². The maximum atomic E-state index is 11.0. The van der Waals surface area contributed by atoms with Crippen molar-refractivity contribution in [3.8, 4) is 0 Å². The second-order valence-corrected chi connectivity index (χ2v) is 6.81. The van der Waals surface area contributed by atoms with Gasteiger partial charge in [0, 0.05) is 18.5 Å². The molecule has 8 nitrogen and oxygen atoms in total. The third-order valence-corrected chi connectivity index (χ3v) is 4.18. The molecule has 0 aromatic carbocycles. The highest BCUT2D eigenvalue weighted by molar-refractivity contribution is 5.68. The van der Waals surface area contributed by atoms with Crippen LogP contribution in [0.2, 0.25) is 0 Å². The summed E-state index contributed by atoms with van der Waals surface area (Å²) in [6.07, 6.45) is 1.08. The Bertz CT molecular complexity index is 776. The van der Waals surface area contributed by atoms with E-state index in [1.165, 1.54) is 23.2 Å². The third-order valence-electron chi connectivity index (χ3n) is 4.18. The van der Waals surface area contributed by atoms with Crippen LogP contribution < -0.4 is 10.0 Å². The van der Waals surface area contributed by atoms with E-state index in [4.69, 9.17) is 0 Å². The molecule has 0 radical (unpaired) electrons. The van der Waals surface area contributed by atoms with Crippen LogP contribution in [0, 0.1) is 10.1 Å². The Morgan fingerprint density at radius 3 is 2.54 bits per heavy atom. The lowest BCUT2D eigenvalue weighted by Gasteiger charge is -2.31. The summed E-state index contributed by atoms with van der Waals surface area (Å²) in [7, 11) is 0. The number of aliphatic carboxylic acids is 1. The van der Waals surface area contributed by atoms with Crippen LogP contribution in [0.3, 0.4) is 0 Å². The highest BCUT2D eigenvalue weighted by Gasteiger charge is 2.27. The molecule has 130 valence electrons. The number of carboxylic acids is 1. The molecule has 24 heavy (non-hydrogen) atoms. The van der Waals surface area contributed by atoms with Crippen molar-refractivity contribution in [2.75, 3.05) is 6.54 Å². The minimum atomic E-state index is -1.22. The fourth-order valence-electron chi connectivity index (χ4n) is 2.83. The molecule has 1 N–H and O–H groups in total. The second-order valence-electron chi connectivity index (χ2n) is 6.81.